The van der Waals surface area contributed by atoms with Gasteiger partial charge in [-0.05, 0) is 35.7 Å². The van der Waals surface area contributed by atoms with Crippen molar-refractivity contribution in [2.75, 3.05) is 7.11 Å². The SMILES string of the molecule is CCCc1c(C(=O)Cc2ccccc2)c2ccc(C(=O)OC)cc2n1Cc1ccccc1Cl. The van der Waals surface area contributed by atoms with E-state index < -0.39 is 5.97 Å². The molecule has 0 spiro atoms. The molecule has 0 amide bonds. The maximum atomic E-state index is 13.6. The molecule has 0 bridgehead atoms. The second-order valence-electron chi connectivity index (χ2n) is 8.06. The first-order valence-electron chi connectivity index (χ1n) is 11.1. The molecule has 0 fully saturated rings. The number of methoxy groups -OCH3 is 1. The summed E-state index contributed by atoms with van der Waals surface area (Å²) in [5.41, 5.74) is 4.90. The highest BCUT2D eigenvalue weighted by atomic mass is 35.5. The molecule has 4 nitrogen and oxygen atoms in total. The van der Waals surface area contributed by atoms with Crippen molar-refractivity contribution in [3.63, 3.8) is 0 Å². The number of fused-ring (bicyclic) bond motifs is 1. The van der Waals surface area contributed by atoms with E-state index in [1.165, 1.54) is 7.11 Å². The topological polar surface area (TPSA) is 48.3 Å². The van der Waals surface area contributed by atoms with E-state index in [4.69, 9.17) is 16.3 Å². The van der Waals surface area contributed by atoms with Crippen molar-refractivity contribution < 1.29 is 14.3 Å². The van der Waals surface area contributed by atoms with Gasteiger partial charge in [0.25, 0.3) is 0 Å². The Balaban J connectivity index is 1.92. The summed E-state index contributed by atoms with van der Waals surface area (Å²) in [7, 11) is 1.37. The third kappa shape index (κ3) is 4.71. The summed E-state index contributed by atoms with van der Waals surface area (Å²) >= 11 is 6.48. The van der Waals surface area contributed by atoms with Gasteiger partial charge in [-0.1, -0.05) is 79.5 Å². The summed E-state index contributed by atoms with van der Waals surface area (Å²) in [6.45, 7) is 2.61. The van der Waals surface area contributed by atoms with Crippen molar-refractivity contribution in [2.24, 2.45) is 0 Å². The first kappa shape index (κ1) is 22.8. The Bertz CT molecular complexity index is 1310. The van der Waals surface area contributed by atoms with Gasteiger partial charge in [-0.2, -0.15) is 0 Å². The average molecular weight is 460 g/mol. The Hall–Kier alpha value is -3.37. The van der Waals surface area contributed by atoms with Gasteiger partial charge in [0.15, 0.2) is 5.78 Å². The van der Waals surface area contributed by atoms with Gasteiger partial charge in [-0.15, -0.1) is 0 Å². The Morgan fingerprint density at radius 3 is 2.39 bits per heavy atom. The van der Waals surface area contributed by atoms with E-state index in [0.29, 0.717) is 23.6 Å². The lowest BCUT2D eigenvalue weighted by Crippen LogP contribution is -2.10. The van der Waals surface area contributed by atoms with Gasteiger partial charge in [-0.3, -0.25) is 4.79 Å². The van der Waals surface area contributed by atoms with Crippen LogP contribution in [-0.2, 0) is 24.1 Å². The second kappa shape index (κ2) is 10.1. The fourth-order valence-corrected chi connectivity index (χ4v) is 4.50. The number of hydrogen-bond donors (Lipinski definition) is 0. The molecule has 5 heteroatoms. The number of carbonyl (C=O) groups is 2. The molecule has 0 aliphatic heterocycles. The molecule has 168 valence electrons. The predicted octanol–water partition coefficient (Wildman–Crippen LogP) is 6.51. The van der Waals surface area contributed by atoms with Crippen molar-refractivity contribution in [3.8, 4) is 0 Å². The van der Waals surface area contributed by atoms with E-state index >= 15 is 0 Å². The lowest BCUT2D eigenvalue weighted by Gasteiger charge is -2.13. The average Bonchev–Trinajstić information content (AvgIpc) is 3.13. The molecule has 4 aromatic rings. The number of ether oxygens (including phenoxy) is 1. The van der Waals surface area contributed by atoms with Crippen molar-refractivity contribution in [1.82, 2.24) is 4.57 Å². The molecule has 33 heavy (non-hydrogen) atoms. The number of benzene rings is 3. The Labute approximate surface area is 198 Å². The molecule has 4 rings (SSSR count). The van der Waals surface area contributed by atoms with E-state index in [1.807, 2.05) is 66.7 Å². The summed E-state index contributed by atoms with van der Waals surface area (Å²) in [6, 6.07) is 22.9. The van der Waals surface area contributed by atoms with E-state index in [2.05, 4.69) is 11.5 Å². The number of ketones is 1. The van der Waals surface area contributed by atoms with E-state index in [0.717, 1.165) is 46.1 Å². The molecule has 0 saturated carbocycles. The zero-order chi connectivity index (χ0) is 23.4. The Kier molecular flexibility index (Phi) is 6.95. The summed E-state index contributed by atoms with van der Waals surface area (Å²) < 4.78 is 7.07. The third-order valence-electron chi connectivity index (χ3n) is 5.85. The van der Waals surface area contributed by atoms with Gasteiger partial charge in [0.1, 0.15) is 0 Å². The fraction of sp³-hybridized carbons (Fsp3) is 0.214. The largest absolute Gasteiger partial charge is 0.465 e. The van der Waals surface area contributed by atoms with Gasteiger partial charge < -0.3 is 9.30 Å². The van der Waals surface area contributed by atoms with Crippen LogP contribution in [0.1, 0.15) is 50.9 Å². The summed E-state index contributed by atoms with van der Waals surface area (Å²) in [6.07, 6.45) is 1.94. The van der Waals surface area contributed by atoms with Crippen LogP contribution < -0.4 is 0 Å². The number of nitrogens with zero attached hydrogens (tertiary/aromatic N) is 1. The number of aromatic nitrogens is 1. The summed E-state index contributed by atoms with van der Waals surface area (Å²) in [5, 5.41) is 1.52. The van der Waals surface area contributed by atoms with Crippen LogP contribution in [0.15, 0.2) is 72.8 Å². The van der Waals surface area contributed by atoms with Gasteiger partial charge in [0.2, 0.25) is 0 Å². The van der Waals surface area contributed by atoms with Crippen molar-refractivity contribution in [3.05, 3.63) is 106 Å². The highest BCUT2D eigenvalue weighted by Gasteiger charge is 2.24. The molecule has 1 aromatic heterocycles. The van der Waals surface area contributed by atoms with Gasteiger partial charge in [-0.25, -0.2) is 4.79 Å². The van der Waals surface area contributed by atoms with E-state index in [9.17, 15) is 9.59 Å². The van der Waals surface area contributed by atoms with Gasteiger partial charge >= 0.3 is 5.97 Å². The fourth-order valence-electron chi connectivity index (χ4n) is 4.30. The molecule has 0 unspecified atom stereocenters. The molecule has 0 aliphatic carbocycles. The van der Waals surface area contributed by atoms with Crippen LogP contribution >= 0.6 is 11.6 Å². The molecule has 3 aromatic carbocycles. The molecule has 1 heterocycles. The number of Topliss-reactive ketones (excluding diaryl/α,β-unsaturated/α-hetero) is 1. The van der Waals surface area contributed by atoms with Crippen LogP contribution in [-0.4, -0.2) is 23.4 Å². The number of carbonyl (C=O) groups excluding carboxylic acids is 2. The number of halogens is 1. The Morgan fingerprint density at radius 2 is 1.70 bits per heavy atom. The van der Waals surface area contributed by atoms with Crippen LogP contribution in [0.4, 0.5) is 0 Å². The first-order chi connectivity index (χ1) is 16.0. The van der Waals surface area contributed by atoms with E-state index in [1.54, 1.807) is 6.07 Å². The predicted molar refractivity (Wildman–Crippen MR) is 132 cm³/mol. The molecule has 0 N–H and O–H groups in total. The standard InChI is InChI=1S/C28H26ClNO3/c1-3-9-24-27(26(31)16-19-10-5-4-6-11-19)22-15-14-20(28(32)33-2)17-25(22)30(24)18-21-12-7-8-13-23(21)29/h4-8,10-15,17H,3,9,16,18H2,1-2H3. The smallest absolute Gasteiger partial charge is 0.337 e. The van der Waals surface area contributed by atoms with Crippen LogP contribution in [0.3, 0.4) is 0 Å². The van der Waals surface area contributed by atoms with Crippen LogP contribution in [0.5, 0.6) is 0 Å². The monoisotopic (exact) mass is 459 g/mol. The van der Waals surface area contributed by atoms with E-state index in [-0.39, 0.29) is 5.78 Å². The molecular formula is C28H26ClNO3. The quantitative estimate of drug-likeness (QED) is 0.223. The molecule has 0 aliphatic rings. The van der Waals surface area contributed by atoms with Crippen LogP contribution in [0.2, 0.25) is 5.02 Å². The number of rotatable bonds is 8. The first-order valence-corrected chi connectivity index (χ1v) is 11.4. The normalized spacial score (nSPS) is 11.0. The summed E-state index contributed by atoms with van der Waals surface area (Å²) in [4.78, 5) is 25.9. The van der Waals surface area contributed by atoms with Gasteiger partial charge in [0, 0.05) is 34.6 Å². The lowest BCUT2D eigenvalue weighted by atomic mass is 9.98. The van der Waals surface area contributed by atoms with Crippen LogP contribution in [0, 0.1) is 0 Å². The second-order valence-corrected chi connectivity index (χ2v) is 8.47. The minimum Gasteiger partial charge on any atom is -0.465 e. The van der Waals surface area contributed by atoms with Gasteiger partial charge in [0.05, 0.1) is 18.2 Å². The summed E-state index contributed by atoms with van der Waals surface area (Å²) in [5.74, 6) is -0.338. The van der Waals surface area contributed by atoms with Crippen molar-refractivity contribution >= 4 is 34.3 Å². The maximum Gasteiger partial charge on any atom is 0.337 e. The molecule has 0 radical (unpaired) electrons. The molecule has 0 atom stereocenters. The van der Waals surface area contributed by atoms with Crippen LogP contribution in [0.25, 0.3) is 10.9 Å². The molecular weight excluding hydrogens is 434 g/mol. The van der Waals surface area contributed by atoms with Crippen molar-refractivity contribution in [2.45, 2.75) is 32.7 Å². The Morgan fingerprint density at radius 1 is 0.970 bits per heavy atom. The number of hydrogen-bond acceptors (Lipinski definition) is 3. The zero-order valence-corrected chi connectivity index (χ0v) is 19.6. The number of esters is 1. The third-order valence-corrected chi connectivity index (χ3v) is 6.22. The minimum atomic E-state index is -0.406. The molecule has 0 saturated heterocycles. The zero-order valence-electron chi connectivity index (χ0n) is 18.8. The highest BCUT2D eigenvalue weighted by Crippen LogP contribution is 2.32. The lowest BCUT2D eigenvalue weighted by molar-refractivity contribution is 0.0600. The maximum absolute atomic E-state index is 13.6. The highest BCUT2D eigenvalue weighted by molar-refractivity contribution is 6.31. The van der Waals surface area contributed by atoms with Crippen molar-refractivity contribution in [1.29, 1.82) is 0 Å². The minimum absolute atomic E-state index is 0.0679.